The van der Waals surface area contributed by atoms with E-state index in [1.54, 1.807) is 26.0 Å². The number of aromatic hydroxyl groups is 1. The molecule has 2 rings (SSSR count). The number of carbonyl (C=O) groups excluding carboxylic acids is 2. The minimum atomic E-state index is -1.13. The minimum absolute atomic E-state index is 0.0775. The fraction of sp³-hybridized carbons (Fsp3) is 0.467. The Balaban J connectivity index is 2.55. The third kappa shape index (κ3) is 2.71. The second-order valence-electron chi connectivity index (χ2n) is 5.29. The second kappa shape index (κ2) is 5.73. The third-order valence-corrected chi connectivity index (χ3v) is 3.68. The van der Waals surface area contributed by atoms with Crippen molar-refractivity contribution in [3.05, 3.63) is 23.3 Å². The Morgan fingerprint density at radius 1 is 1.48 bits per heavy atom. The van der Waals surface area contributed by atoms with Gasteiger partial charge in [-0.2, -0.15) is 0 Å². The van der Waals surface area contributed by atoms with Crippen molar-refractivity contribution >= 4 is 11.9 Å². The highest BCUT2D eigenvalue weighted by Gasteiger charge is 2.44. The molecule has 0 bridgehead atoms. The molecule has 0 amide bonds. The summed E-state index contributed by atoms with van der Waals surface area (Å²) in [5.74, 6) is -2.30. The molecule has 1 unspecified atom stereocenters. The number of carbonyl (C=O) groups is 2. The summed E-state index contributed by atoms with van der Waals surface area (Å²) < 4.78 is 10.2. The average Bonchev–Trinajstić information content (AvgIpc) is 2.43. The minimum Gasteiger partial charge on any atom is -0.504 e. The molecule has 0 fully saturated rings. The van der Waals surface area contributed by atoms with Crippen molar-refractivity contribution < 1.29 is 29.3 Å². The molecule has 1 aliphatic rings. The van der Waals surface area contributed by atoms with E-state index in [1.807, 2.05) is 0 Å². The van der Waals surface area contributed by atoms with E-state index in [-0.39, 0.29) is 24.0 Å². The number of rotatable bonds is 3. The Bertz CT molecular complexity index is 580. The Morgan fingerprint density at radius 2 is 2.14 bits per heavy atom. The Kier molecular flexibility index (Phi) is 4.18. The third-order valence-electron chi connectivity index (χ3n) is 3.68. The summed E-state index contributed by atoms with van der Waals surface area (Å²) in [6.07, 6.45) is -1.13. The number of hydrogen-bond donors (Lipinski definition) is 2. The first-order chi connectivity index (χ1) is 9.86. The molecule has 1 aromatic carbocycles. The second-order valence-corrected chi connectivity index (χ2v) is 5.29. The zero-order valence-corrected chi connectivity index (χ0v) is 12.1. The molecule has 3 atom stereocenters. The van der Waals surface area contributed by atoms with Gasteiger partial charge in [-0.1, -0.05) is 19.1 Å². The SMILES string of the molecule is CC(=O)O[C@@H]1C(=O)Oc2c(ccc(C)c2O)[C@H]1C(C)CO. The maximum absolute atomic E-state index is 12.1. The average molecular weight is 294 g/mol. The van der Waals surface area contributed by atoms with Crippen LogP contribution in [-0.4, -0.2) is 34.9 Å². The van der Waals surface area contributed by atoms with Gasteiger partial charge in [0.05, 0.1) is 0 Å². The number of aryl methyl sites for hydroxylation is 1. The Morgan fingerprint density at radius 3 is 2.71 bits per heavy atom. The quantitative estimate of drug-likeness (QED) is 0.644. The normalized spacial score (nSPS) is 22.2. The summed E-state index contributed by atoms with van der Waals surface area (Å²) in [7, 11) is 0. The van der Waals surface area contributed by atoms with Gasteiger partial charge in [0.25, 0.3) is 0 Å². The van der Waals surface area contributed by atoms with E-state index in [9.17, 15) is 19.8 Å². The molecule has 2 N–H and O–H groups in total. The molecule has 1 aromatic rings. The van der Waals surface area contributed by atoms with Gasteiger partial charge in [-0.05, 0) is 18.4 Å². The number of phenols is 1. The molecular weight excluding hydrogens is 276 g/mol. The summed E-state index contributed by atoms with van der Waals surface area (Å²) in [4.78, 5) is 23.3. The summed E-state index contributed by atoms with van der Waals surface area (Å²) in [6.45, 7) is 4.44. The van der Waals surface area contributed by atoms with Gasteiger partial charge < -0.3 is 19.7 Å². The van der Waals surface area contributed by atoms with Crippen LogP contribution in [0.25, 0.3) is 0 Å². The van der Waals surface area contributed by atoms with Gasteiger partial charge >= 0.3 is 11.9 Å². The zero-order chi connectivity index (χ0) is 15.7. The van der Waals surface area contributed by atoms with Gasteiger partial charge in [0.15, 0.2) is 11.5 Å². The molecule has 0 aliphatic carbocycles. The molecule has 0 radical (unpaired) electrons. The van der Waals surface area contributed by atoms with Crippen molar-refractivity contribution in [3.8, 4) is 11.5 Å². The van der Waals surface area contributed by atoms with Crippen LogP contribution >= 0.6 is 0 Å². The largest absolute Gasteiger partial charge is 0.504 e. The molecule has 0 saturated carbocycles. The predicted molar refractivity (Wildman–Crippen MR) is 73.0 cm³/mol. The van der Waals surface area contributed by atoms with E-state index in [1.165, 1.54) is 6.92 Å². The van der Waals surface area contributed by atoms with E-state index in [2.05, 4.69) is 0 Å². The summed E-state index contributed by atoms with van der Waals surface area (Å²) >= 11 is 0. The first-order valence-electron chi connectivity index (χ1n) is 6.69. The maximum Gasteiger partial charge on any atom is 0.353 e. The van der Waals surface area contributed by atoms with Crippen LogP contribution in [0, 0.1) is 12.8 Å². The lowest BCUT2D eigenvalue weighted by Crippen LogP contribution is -2.42. The van der Waals surface area contributed by atoms with Gasteiger partial charge in [0.1, 0.15) is 0 Å². The lowest BCUT2D eigenvalue weighted by atomic mass is 9.80. The van der Waals surface area contributed by atoms with Crippen LogP contribution in [-0.2, 0) is 14.3 Å². The molecule has 1 heterocycles. The van der Waals surface area contributed by atoms with Crippen molar-refractivity contribution in [2.45, 2.75) is 32.8 Å². The van der Waals surface area contributed by atoms with E-state index >= 15 is 0 Å². The van der Waals surface area contributed by atoms with Gasteiger partial charge in [0, 0.05) is 25.0 Å². The number of aliphatic hydroxyl groups is 1. The zero-order valence-electron chi connectivity index (χ0n) is 12.1. The van der Waals surface area contributed by atoms with Crippen LogP contribution < -0.4 is 4.74 Å². The summed E-state index contributed by atoms with van der Waals surface area (Å²) in [5.41, 5.74) is 1.12. The molecule has 1 aliphatic heterocycles. The number of phenolic OH excluding ortho intramolecular Hbond substituents is 1. The fourth-order valence-corrected chi connectivity index (χ4v) is 2.54. The smallest absolute Gasteiger partial charge is 0.353 e. The van der Waals surface area contributed by atoms with Crippen LogP contribution in [0.5, 0.6) is 11.5 Å². The summed E-state index contributed by atoms with van der Waals surface area (Å²) in [5, 5.41) is 19.5. The standard InChI is InChI=1S/C15H18O6/c1-7-4-5-10-11(8(2)6-16)14(20-9(3)17)15(19)21-13(10)12(7)18/h4-5,8,11,14,16,18H,6H2,1-3H3/t8?,11-,14+/m1/s1. The molecule has 21 heavy (non-hydrogen) atoms. The van der Waals surface area contributed by atoms with Crippen LogP contribution in [0.2, 0.25) is 0 Å². The van der Waals surface area contributed by atoms with Crippen molar-refractivity contribution in [3.63, 3.8) is 0 Å². The van der Waals surface area contributed by atoms with Crippen LogP contribution in [0.3, 0.4) is 0 Å². The van der Waals surface area contributed by atoms with E-state index in [0.29, 0.717) is 11.1 Å². The number of fused-ring (bicyclic) bond motifs is 1. The number of hydrogen-bond acceptors (Lipinski definition) is 6. The van der Waals surface area contributed by atoms with E-state index < -0.39 is 24.0 Å². The molecule has 0 saturated heterocycles. The predicted octanol–water partition coefficient (Wildman–Crippen LogP) is 1.26. The summed E-state index contributed by atoms with van der Waals surface area (Å²) in [6, 6.07) is 3.40. The number of esters is 2. The van der Waals surface area contributed by atoms with Crippen molar-refractivity contribution in [2.75, 3.05) is 6.61 Å². The monoisotopic (exact) mass is 294 g/mol. The highest BCUT2D eigenvalue weighted by atomic mass is 16.6. The molecule has 114 valence electrons. The number of ether oxygens (including phenoxy) is 2. The van der Waals surface area contributed by atoms with E-state index in [0.717, 1.165) is 0 Å². The maximum atomic E-state index is 12.1. The van der Waals surface area contributed by atoms with Crippen molar-refractivity contribution in [2.24, 2.45) is 5.92 Å². The number of aliphatic hydroxyl groups excluding tert-OH is 1. The van der Waals surface area contributed by atoms with Gasteiger partial charge in [-0.15, -0.1) is 0 Å². The number of benzene rings is 1. The van der Waals surface area contributed by atoms with Gasteiger partial charge in [0.2, 0.25) is 6.10 Å². The van der Waals surface area contributed by atoms with Crippen molar-refractivity contribution in [1.82, 2.24) is 0 Å². The van der Waals surface area contributed by atoms with Gasteiger partial charge in [-0.3, -0.25) is 4.79 Å². The lowest BCUT2D eigenvalue weighted by Gasteiger charge is -2.34. The Hall–Kier alpha value is -2.08. The highest BCUT2D eigenvalue weighted by molar-refractivity contribution is 5.85. The van der Waals surface area contributed by atoms with E-state index in [4.69, 9.17) is 9.47 Å². The molecule has 0 aromatic heterocycles. The topological polar surface area (TPSA) is 93.1 Å². The fourth-order valence-electron chi connectivity index (χ4n) is 2.54. The van der Waals surface area contributed by atoms with Crippen molar-refractivity contribution in [1.29, 1.82) is 0 Å². The van der Waals surface area contributed by atoms with Gasteiger partial charge in [-0.25, -0.2) is 4.79 Å². The molecule has 0 spiro atoms. The van der Waals surface area contributed by atoms with Crippen LogP contribution in [0.4, 0.5) is 0 Å². The first-order valence-corrected chi connectivity index (χ1v) is 6.69. The molecule has 6 nitrogen and oxygen atoms in total. The lowest BCUT2D eigenvalue weighted by molar-refractivity contribution is -0.165. The molecular formula is C15H18O6. The highest BCUT2D eigenvalue weighted by Crippen LogP contribution is 2.45. The molecule has 6 heteroatoms. The Labute approximate surface area is 122 Å². The van der Waals surface area contributed by atoms with Crippen LogP contribution in [0.15, 0.2) is 12.1 Å². The van der Waals surface area contributed by atoms with Crippen LogP contribution in [0.1, 0.15) is 30.9 Å². The first kappa shape index (κ1) is 15.3.